The zero-order valence-electron chi connectivity index (χ0n) is 22.0. The van der Waals surface area contributed by atoms with E-state index in [4.69, 9.17) is 19.3 Å². The molecule has 0 saturated heterocycles. The second kappa shape index (κ2) is 13.3. The van der Waals surface area contributed by atoms with Gasteiger partial charge in [-0.15, -0.1) is 0 Å². The average Bonchev–Trinajstić information content (AvgIpc) is 2.82. The van der Waals surface area contributed by atoms with Crippen LogP contribution < -0.4 is 4.52 Å². The van der Waals surface area contributed by atoms with E-state index in [-0.39, 0.29) is 37.6 Å². The van der Waals surface area contributed by atoms with Gasteiger partial charge in [-0.2, -0.15) is 17.6 Å². The topological polar surface area (TPSA) is 123 Å². The van der Waals surface area contributed by atoms with Crippen LogP contribution in [0.2, 0.25) is 0 Å². The van der Waals surface area contributed by atoms with E-state index in [0.717, 1.165) is 12.1 Å². The Kier molecular flexibility index (Phi) is 11.4. The molecule has 3 N–H and O–H groups in total. The highest BCUT2D eigenvalue weighted by Gasteiger charge is 2.50. The number of halogens is 4. The van der Waals surface area contributed by atoms with Gasteiger partial charge in [-0.3, -0.25) is 4.57 Å². The van der Waals surface area contributed by atoms with Gasteiger partial charge in [0.15, 0.2) is 0 Å². The van der Waals surface area contributed by atoms with Gasteiger partial charge >= 0.3 is 27.0 Å². The normalized spacial score (nSPS) is 14.7. The Hall–Kier alpha value is -1.78. The molecule has 0 aliphatic rings. The summed E-state index contributed by atoms with van der Waals surface area (Å²) in [5.74, 6) is -0.214. The zero-order valence-corrected chi connectivity index (χ0v) is 23.8. The van der Waals surface area contributed by atoms with Crippen LogP contribution in [0.4, 0.5) is 17.6 Å². The van der Waals surface area contributed by atoms with Crippen molar-refractivity contribution in [3.8, 4) is 5.75 Å². The highest BCUT2D eigenvalue weighted by Crippen LogP contribution is 2.59. The molecule has 0 spiro atoms. The molecule has 2 aromatic rings. The molecule has 0 aliphatic heterocycles. The fraction of sp³-hybridized carbons (Fsp3) is 0.520. The number of hydrogen-bond donors (Lipinski definition) is 3. The van der Waals surface area contributed by atoms with Crippen LogP contribution in [-0.4, -0.2) is 46.3 Å². The smallest absolute Gasteiger partial charge is 0.421 e. The molecular formula is C25H34F4O8P2. The molecule has 1 unspecified atom stereocenters. The van der Waals surface area contributed by atoms with Crippen molar-refractivity contribution in [2.24, 2.45) is 5.41 Å². The largest absolute Gasteiger partial charge is 0.442 e. The van der Waals surface area contributed by atoms with Gasteiger partial charge in [0.05, 0.1) is 25.4 Å². The van der Waals surface area contributed by atoms with Crippen LogP contribution in [0.3, 0.4) is 0 Å². The molecule has 2 rings (SSSR count). The van der Waals surface area contributed by atoms with Crippen molar-refractivity contribution >= 4 is 15.2 Å². The lowest BCUT2D eigenvalue weighted by Gasteiger charge is -2.35. The van der Waals surface area contributed by atoms with Crippen molar-refractivity contribution < 1.29 is 55.4 Å². The number of rotatable bonds is 15. The molecule has 220 valence electrons. The lowest BCUT2D eigenvalue weighted by Crippen LogP contribution is -2.39. The summed E-state index contributed by atoms with van der Waals surface area (Å²) in [6, 6.07) is 10.3. The Morgan fingerprint density at radius 1 is 0.769 bits per heavy atom. The van der Waals surface area contributed by atoms with Crippen LogP contribution in [0.1, 0.15) is 44.4 Å². The Balaban J connectivity index is 2.40. The van der Waals surface area contributed by atoms with E-state index in [2.05, 4.69) is 4.52 Å². The molecule has 0 saturated carbocycles. The number of alkyl halides is 4. The molecular weight excluding hydrogens is 566 g/mol. The fourth-order valence-corrected chi connectivity index (χ4v) is 4.70. The van der Waals surface area contributed by atoms with E-state index in [1.165, 1.54) is 24.3 Å². The molecule has 39 heavy (non-hydrogen) atoms. The summed E-state index contributed by atoms with van der Waals surface area (Å²) < 4.78 is 92.9. The minimum Gasteiger partial charge on any atom is -0.421 e. The van der Waals surface area contributed by atoms with Crippen LogP contribution in [0.15, 0.2) is 48.5 Å². The molecule has 0 amide bonds. The fourth-order valence-electron chi connectivity index (χ4n) is 3.71. The number of benzene rings is 2. The summed E-state index contributed by atoms with van der Waals surface area (Å²) >= 11 is 0. The summed E-state index contributed by atoms with van der Waals surface area (Å²) in [4.78, 5) is 27.3. The van der Waals surface area contributed by atoms with Crippen molar-refractivity contribution in [3.05, 3.63) is 65.2 Å². The summed E-state index contributed by atoms with van der Waals surface area (Å²) in [6.45, 7) is 7.75. The molecule has 0 aromatic heterocycles. The van der Waals surface area contributed by atoms with E-state index in [0.29, 0.717) is 17.5 Å². The number of ether oxygens (including phenoxy) is 2. The molecule has 0 heterocycles. The second-order valence-corrected chi connectivity index (χ2v) is 13.3. The van der Waals surface area contributed by atoms with Crippen molar-refractivity contribution in [1.82, 2.24) is 0 Å². The monoisotopic (exact) mass is 600 g/mol. The molecule has 1 atom stereocenters. The van der Waals surface area contributed by atoms with Crippen molar-refractivity contribution in [2.75, 3.05) is 13.2 Å². The lowest BCUT2D eigenvalue weighted by atomic mass is 9.77. The number of hydrogen-bond acceptors (Lipinski definition) is 5. The van der Waals surface area contributed by atoms with Gasteiger partial charge in [0.2, 0.25) is 0 Å². The van der Waals surface area contributed by atoms with E-state index in [9.17, 15) is 31.6 Å². The second-order valence-electron chi connectivity index (χ2n) is 9.93. The molecule has 0 radical (unpaired) electrons. The first kappa shape index (κ1) is 33.4. The Morgan fingerprint density at radius 2 is 1.18 bits per heavy atom. The van der Waals surface area contributed by atoms with Crippen LogP contribution in [0, 0.1) is 5.41 Å². The molecule has 2 aromatic carbocycles. The van der Waals surface area contributed by atoms with E-state index in [1.807, 2.05) is 27.7 Å². The minimum atomic E-state index is -5.72. The standard InChI is InChI=1S/C25H34F4O8P2/c1-17(2)35-15-24(16-36-18(3)4,13-19-5-9-21(10-6-19)25(28,29)39(32,33)34)14-20-7-11-22(12-8-20)37-38(30,31)23(26)27/h5-12,17-18,23H,13-16H2,1-4H3,(H,30,31)(H2,32,33,34). The van der Waals surface area contributed by atoms with Crippen molar-refractivity contribution in [1.29, 1.82) is 0 Å². The summed E-state index contributed by atoms with van der Waals surface area (Å²) in [5, 5.41) is 0. The first-order chi connectivity index (χ1) is 17.9. The van der Waals surface area contributed by atoms with Gasteiger partial charge in [-0.25, -0.2) is 4.57 Å². The Morgan fingerprint density at radius 3 is 1.54 bits per heavy atom. The highest BCUT2D eigenvalue weighted by atomic mass is 31.2. The minimum absolute atomic E-state index is 0.156. The third-order valence-corrected chi connectivity index (χ3v) is 7.63. The summed E-state index contributed by atoms with van der Waals surface area (Å²) in [5.41, 5.74) is -4.63. The van der Waals surface area contributed by atoms with Gasteiger partial charge in [-0.05, 0) is 63.8 Å². The van der Waals surface area contributed by atoms with E-state index in [1.54, 1.807) is 12.1 Å². The quantitative estimate of drug-likeness (QED) is 0.160. The maximum Gasteiger partial charge on any atom is 0.442 e. The summed E-state index contributed by atoms with van der Waals surface area (Å²) in [7, 11) is -10.9. The molecule has 0 aliphatic carbocycles. The van der Waals surface area contributed by atoms with Gasteiger partial charge in [0.25, 0.3) is 0 Å². The van der Waals surface area contributed by atoms with Crippen LogP contribution in [0.5, 0.6) is 5.75 Å². The molecule has 0 bridgehead atoms. The molecule has 8 nitrogen and oxygen atoms in total. The predicted molar refractivity (Wildman–Crippen MR) is 137 cm³/mol. The van der Waals surface area contributed by atoms with Crippen molar-refractivity contribution in [3.63, 3.8) is 0 Å². The first-order valence-corrected chi connectivity index (χ1v) is 15.3. The molecule has 0 fully saturated rings. The zero-order chi connectivity index (χ0) is 29.6. The van der Waals surface area contributed by atoms with Gasteiger partial charge in [0, 0.05) is 11.0 Å². The van der Waals surface area contributed by atoms with Gasteiger partial charge < -0.3 is 28.7 Å². The lowest BCUT2D eigenvalue weighted by molar-refractivity contribution is -0.0559. The first-order valence-electron chi connectivity index (χ1n) is 12.0. The van der Waals surface area contributed by atoms with E-state index < -0.39 is 38.0 Å². The van der Waals surface area contributed by atoms with Crippen LogP contribution in [-0.2, 0) is 37.1 Å². The van der Waals surface area contributed by atoms with Crippen LogP contribution in [0.25, 0.3) is 0 Å². The predicted octanol–water partition coefficient (Wildman–Crippen LogP) is 6.32. The third-order valence-electron chi connectivity index (χ3n) is 5.68. The Bertz CT molecular complexity index is 1140. The average molecular weight is 600 g/mol. The Labute approximate surface area is 225 Å². The van der Waals surface area contributed by atoms with E-state index >= 15 is 0 Å². The van der Waals surface area contributed by atoms with Gasteiger partial charge in [0.1, 0.15) is 5.75 Å². The summed E-state index contributed by atoms with van der Waals surface area (Å²) in [6.07, 6.45) is -3.28. The van der Waals surface area contributed by atoms with Crippen LogP contribution >= 0.6 is 15.2 Å². The maximum atomic E-state index is 14.1. The molecule has 14 heteroatoms. The SMILES string of the molecule is CC(C)OCC(COC(C)C)(Cc1ccc(OP(=O)(O)C(F)F)cc1)Cc1ccc(C(F)(F)P(=O)(O)O)cc1. The van der Waals surface area contributed by atoms with Crippen molar-refractivity contribution in [2.45, 2.75) is 64.6 Å². The maximum absolute atomic E-state index is 14.1. The van der Waals surface area contributed by atoms with Gasteiger partial charge in [-0.1, -0.05) is 36.4 Å². The third kappa shape index (κ3) is 9.67. The highest BCUT2D eigenvalue weighted by molar-refractivity contribution is 7.53.